The van der Waals surface area contributed by atoms with Gasteiger partial charge in [-0.25, -0.2) is 4.39 Å². The summed E-state index contributed by atoms with van der Waals surface area (Å²) in [5.74, 6) is 1.42. The van der Waals surface area contributed by atoms with Crippen LogP contribution in [0.15, 0.2) is 77.7 Å². The fraction of sp³-hybridized carbons (Fsp3) is 0.290. The molecule has 0 aliphatic carbocycles. The molecule has 6 nitrogen and oxygen atoms in total. The topological polar surface area (TPSA) is 45.2 Å². The van der Waals surface area contributed by atoms with E-state index < -0.39 is 0 Å². The van der Waals surface area contributed by atoms with E-state index in [-0.39, 0.29) is 11.7 Å². The second-order valence-electron chi connectivity index (χ2n) is 9.84. The average Bonchev–Trinajstić information content (AvgIpc) is 3.24. The number of carbonyl (C=O) groups excluding carboxylic acids is 1. The zero-order chi connectivity index (χ0) is 27.9. The number of hydrogen-bond donors (Lipinski definition) is 0. The summed E-state index contributed by atoms with van der Waals surface area (Å²) < 4.78 is 25.4. The van der Waals surface area contributed by atoms with E-state index >= 15 is 0 Å². The monoisotopic (exact) mass is 577 g/mol. The van der Waals surface area contributed by atoms with E-state index in [0.29, 0.717) is 33.0 Å². The standard InChI is InChI=1S/C31H32FN3O3S2/c1-33-16-18-34(19-17-33)15-2-3-20-37-28-6-4-5-25(22-28)35-30(36)29(40-31(35)39)21-23-7-11-26(12-8-23)38-27-13-9-24(32)10-14-27/h4-14,21-22H,2-3,15-20H2,1H3. The molecule has 0 bridgehead atoms. The average molecular weight is 578 g/mol. The van der Waals surface area contributed by atoms with E-state index in [4.69, 9.17) is 21.7 Å². The molecule has 2 fully saturated rings. The third-order valence-corrected chi connectivity index (χ3v) is 8.13. The van der Waals surface area contributed by atoms with E-state index in [1.54, 1.807) is 17.0 Å². The smallest absolute Gasteiger partial charge is 0.270 e. The number of carbonyl (C=O) groups is 1. The molecule has 9 heteroatoms. The van der Waals surface area contributed by atoms with Gasteiger partial charge in [0.2, 0.25) is 0 Å². The lowest BCUT2D eigenvalue weighted by molar-refractivity contribution is -0.113. The second-order valence-corrected chi connectivity index (χ2v) is 11.5. The number of halogens is 1. The summed E-state index contributed by atoms with van der Waals surface area (Å²) >= 11 is 6.84. The van der Waals surface area contributed by atoms with Crippen molar-refractivity contribution >= 4 is 46.0 Å². The van der Waals surface area contributed by atoms with Gasteiger partial charge < -0.3 is 19.3 Å². The minimum Gasteiger partial charge on any atom is -0.494 e. The van der Waals surface area contributed by atoms with Crippen LogP contribution in [0.2, 0.25) is 0 Å². The molecule has 5 rings (SSSR count). The van der Waals surface area contributed by atoms with Gasteiger partial charge in [-0.2, -0.15) is 0 Å². The van der Waals surface area contributed by atoms with Crippen molar-refractivity contribution in [2.75, 3.05) is 51.3 Å². The summed E-state index contributed by atoms with van der Waals surface area (Å²) in [4.78, 5) is 20.3. The molecule has 0 saturated carbocycles. The quantitative estimate of drug-likeness (QED) is 0.156. The molecule has 2 heterocycles. The molecule has 0 aromatic heterocycles. The minimum absolute atomic E-state index is 0.161. The molecule has 2 aliphatic heterocycles. The van der Waals surface area contributed by atoms with E-state index in [2.05, 4.69) is 16.8 Å². The van der Waals surface area contributed by atoms with Crippen LogP contribution in [0.25, 0.3) is 6.08 Å². The predicted molar refractivity (Wildman–Crippen MR) is 164 cm³/mol. The van der Waals surface area contributed by atoms with Crippen LogP contribution in [0.5, 0.6) is 17.2 Å². The number of thioether (sulfide) groups is 1. The zero-order valence-electron chi connectivity index (χ0n) is 22.4. The van der Waals surface area contributed by atoms with Gasteiger partial charge in [0.25, 0.3) is 5.91 Å². The molecule has 3 aromatic rings. The molecule has 0 spiro atoms. The Labute approximate surface area is 244 Å². The molecule has 0 radical (unpaired) electrons. The van der Waals surface area contributed by atoms with Gasteiger partial charge in [0.05, 0.1) is 17.2 Å². The summed E-state index contributed by atoms with van der Waals surface area (Å²) in [5, 5.41) is 0. The summed E-state index contributed by atoms with van der Waals surface area (Å²) in [7, 11) is 2.17. The highest BCUT2D eigenvalue weighted by atomic mass is 32.2. The van der Waals surface area contributed by atoms with E-state index in [0.717, 1.165) is 56.9 Å². The lowest BCUT2D eigenvalue weighted by Gasteiger charge is -2.32. The van der Waals surface area contributed by atoms with Crippen molar-refractivity contribution in [1.29, 1.82) is 0 Å². The number of piperazine rings is 1. The van der Waals surface area contributed by atoms with Crippen molar-refractivity contribution in [3.05, 3.63) is 89.1 Å². The maximum atomic E-state index is 13.3. The maximum Gasteiger partial charge on any atom is 0.270 e. The van der Waals surface area contributed by atoms with Crippen molar-refractivity contribution in [3.8, 4) is 17.2 Å². The number of ether oxygens (including phenoxy) is 2. The van der Waals surface area contributed by atoms with Gasteiger partial charge in [-0.15, -0.1) is 0 Å². The largest absolute Gasteiger partial charge is 0.494 e. The van der Waals surface area contributed by atoms with Crippen molar-refractivity contribution < 1.29 is 18.7 Å². The predicted octanol–water partition coefficient (Wildman–Crippen LogP) is 6.43. The van der Waals surface area contributed by atoms with Crippen LogP contribution in [0.4, 0.5) is 10.1 Å². The molecular formula is C31H32FN3O3S2. The van der Waals surface area contributed by atoms with E-state index in [1.165, 1.54) is 23.9 Å². The van der Waals surface area contributed by atoms with Crippen molar-refractivity contribution in [3.63, 3.8) is 0 Å². The van der Waals surface area contributed by atoms with Crippen LogP contribution in [-0.2, 0) is 4.79 Å². The van der Waals surface area contributed by atoms with Crippen LogP contribution < -0.4 is 14.4 Å². The first-order valence-corrected chi connectivity index (χ1v) is 14.6. The Morgan fingerprint density at radius 3 is 2.35 bits per heavy atom. The Balaban J connectivity index is 1.14. The van der Waals surface area contributed by atoms with Gasteiger partial charge in [-0.1, -0.05) is 42.2 Å². The lowest BCUT2D eigenvalue weighted by atomic mass is 10.2. The number of likely N-dealkylation sites (N-methyl/N-ethyl adjacent to an activating group) is 1. The maximum absolute atomic E-state index is 13.3. The Hall–Kier alpha value is -3.24. The van der Waals surface area contributed by atoms with Gasteiger partial charge >= 0.3 is 0 Å². The SMILES string of the molecule is CN1CCN(CCCCOc2cccc(N3C(=O)C(=Cc4ccc(Oc5ccc(F)cc5)cc4)SC3=S)c2)CC1. The third kappa shape index (κ3) is 7.48. The normalized spacial score (nSPS) is 17.6. The number of amides is 1. The highest BCUT2D eigenvalue weighted by Crippen LogP contribution is 2.37. The summed E-state index contributed by atoms with van der Waals surface area (Å²) in [6.07, 6.45) is 3.90. The number of hydrogen-bond acceptors (Lipinski definition) is 7. The van der Waals surface area contributed by atoms with Crippen LogP contribution in [0.1, 0.15) is 18.4 Å². The van der Waals surface area contributed by atoms with Crippen LogP contribution in [0, 0.1) is 5.82 Å². The molecule has 40 heavy (non-hydrogen) atoms. The number of unbranched alkanes of at least 4 members (excludes halogenated alkanes) is 1. The molecular weight excluding hydrogens is 545 g/mol. The Morgan fingerprint density at radius 2 is 1.62 bits per heavy atom. The number of nitrogens with zero attached hydrogens (tertiary/aromatic N) is 3. The number of anilines is 1. The van der Waals surface area contributed by atoms with Crippen molar-refractivity contribution in [2.45, 2.75) is 12.8 Å². The van der Waals surface area contributed by atoms with E-state index in [9.17, 15) is 9.18 Å². The number of benzene rings is 3. The Bertz CT molecular complexity index is 1360. The number of rotatable bonds is 10. The highest BCUT2D eigenvalue weighted by Gasteiger charge is 2.33. The summed E-state index contributed by atoms with van der Waals surface area (Å²) in [6.45, 7) is 6.27. The molecule has 3 aromatic carbocycles. The van der Waals surface area contributed by atoms with Crippen LogP contribution in [-0.4, -0.2) is 66.4 Å². The number of thiocarbonyl (C=S) groups is 1. The van der Waals surface area contributed by atoms with Crippen LogP contribution >= 0.6 is 24.0 Å². The Kier molecular flexibility index (Phi) is 9.49. The summed E-state index contributed by atoms with van der Waals surface area (Å²) in [6, 6.07) is 20.7. The molecule has 0 N–H and O–H groups in total. The molecule has 1 amide bonds. The first-order chi connectivity index (χ1) is 19.4. The van der Waals surface area contributed by atoms with Crippen molar-refractivity contribution in [1.82, 2.24) is 9.80 Å². The lowest BCUT2D eigenvalue weighted by Crippen LogP contribution is -2.44. The third-order valence-electron chi connectivity index (χ3n) is 6.83. The first-order valence-electron chi connectivity index (χ1n) is 13.4. The Morgan fingerprint density at radius 1 is 0.925 bits per heavy atom. The van der Waals surface area contributed by atoms with Gasteiger partial charge in [0.15, 0.2) is 4.32 Å². The van der Waals surface area contributed by atoms with Crippen molar-refractivity contribution in [2.24, 2.45) is 0 Å². The van der Waals surface area contributed by atoms with Gasteiger partial charge in [-0.3, -0.25) is 9.69 Å². The summed E-state index contributed by atoms with van der Waals surface area (Å²) in [5.41, 5.74) is 1.55. The van der Waals surface area contributed by atoms with Gasteiger partial charge in [0.1, 0.15) is 23.1 Å². The molecule has 2 aliphatic rings. The molecule has 0 atom stereocenters. The minimum atomic E-state index is -0.313. The van der Waals surface area contributed by atoms with Gasteiger partial charge in [0, 0.05) is 32.2 Å². The fourth-order valence-electron chi connectivity index (χ4n) is 4.52. The fourth-order valence-corrected chi connectivity index (χ4v) is 5.82. The zero-order valence-corrected chi connectivity index (χ0v) is 24.1. The molecule has 208 valence electrons. The van der Waals surface area contributed by atoms with Gasteiger partial charge in [-0.05, 0) is 86.6 Å². The molecule has 2 saturated heterocycles. The second kappa shape index (κ2) is 13.4. The van der Waals surface area contributed by atoms with E-state index in [1.807, 2.05) is 54.6 Å². The van der Waals surface area contributed by atoms with Crippen LogP contribution in [0.3, 0.4) is 0 Å². The molecule has 0 unspecified atom stereocenters. The highest BCUT2D eigenvalue weighted by molar-refractivity contribution is 8.27. The first kappa shape index (κ1) is 28.3.